The van der Waals surface area contributed by atoms with Gasteiger partial charge in [-0.25, -0.2) is 4.98 Å². The van der Waals surface area contributed by atoms with Crippen molar-refractivity contribution in [3.63, 3.8) is 0 Å². The van der Waals surface area contributed by atoms with Crippen LogP contribution in [0.3, 0.4) is 0 Å². The smallest absolute Gasteiger partial charge is 0.160 e. The van der Waals surface area contributed by atoms with Crippen LogP contribution in [0, 0.1) is 0 Å². The molecule has 0 bridgehead atoms. The molecular formula is C14H16ClN3OS. The summed E-state index contributed by atoms with van der Waals surface area (Å²) in [5.41, 5.74) is 2.74. The predicted octanol–water partition coefficient (Wildman–Crippen LogP) is 3.34. The molecule has 20 heavy (non-hydrogen) atoms. The average molecular weight is 310 g/mol. The Morgan fingerprint density at radius 2 is 2.15 bits per heavy atom. The molecule has 0 saturated heterocycles. The van der Waals surface area contributed by atoms with Gasteiger partial charge < -0.3 is 9.12 Å². The molecular weight excluding hydrogens is 294 g/mol. The standard InChI is InChI=1S/C14H16ClN3OS/c1-14(2,3)20(19)17-11-6-7-18-12-8-9(15)4-5-10(12)16-13(11)18/h4-5,8H,6-7H2,1-3H3/b17-11+. The summed E-state index contributed by atoms with van der Waals surface area (Å²) in [5.74, 6) is 0.819. The van der Waals surface area contributed by atoms with Crippen molar-refractivity contribution >= 4 is 39.7 Å². The highest BCUT2D eigenvalue weighted by Gasteiger charge is 2.30. The third-order valence-electron chi connectivity index (χ3n) is 3.26. The maximum Gasteiger partial charge on any atom is 0.160 e. The second-order valence-electron chi connectivity index (χ2n) is 5.87. The van der Waals surface area contributed by atoms with Gasteiger partial charge in [-0.15, -0.1) is 0 Å². The van der Waals surface area contributed by atoms with E-state index in [0.717, 1.165) is 35.5 Å². The van der Waals surface area contributed by atoms with Crippen LogP contribution < -0.4 is 0 Å². The molecule has 0 saturated carbocycles. The maximum atomic E-state index is 12.2. The Kier molecular flexibility index (Phi) is 3.31. The number of benzene rings is 1. The molecule has 0 N–H and O–H groups in total. The first-order valence-electron chi connectivity index (χ1n) is 6.52. The van der Waals surface area contributed by atoms with Crippen LogP contribution in [-0.4, -0.2) is 24.6 Å². The third-order valence-corrected chi connectivity index (χ3v) is 4.93. The quantitative estimate of drug-likeness (QED) is 0.759. The van der Waals surface area contributed by atoms with Gasteiger partial charge in [-0.3, -0.25) is 0 Å². The molecule has 1 atom stereocenters. The average Bonchev–Trinajstić information content (AvgIpc) is 2.88. The monoisotopic (exact) mass is 309 g/mol. The number of hydrogen-bond donors (Lipinski definition) is 0. The zero-order valence-electron chi connectivity index (χ0n) is 11.7. The Bertz CT molecular complexity index is 702. The molecule has 1 aromatic carbocycles. The maximum absolute atomic E-state index is 12.2. The first-order valence-corrected chi connectivity index (χ1v) is 8.00. The molecule has 4 nitrogen and oxygen atoms in total. The number of aryl methyl sites for hydroxylation is 1. The minimum atomic E-state index is -1.25. The van der Waals surface area contributed by atoms with Crippen molar-refractivity contribution in [1.29, 1.82) is 0 Å². The molecule has 1 aliphatic rings. The lowest BCUT2D eigenvalue weighted by atomic mass is 10.3. The van der Waals surface area contributed by atoms with Gasteiger partial charge in [-0.05, 0) is 39.0 Å². The summed E-state index contributed by atoms with van der Waals surface area (Å²) in [4.78, 5) is 4.59. The summed E-state index contributed by atoms with van der Waals surface area (Å²) in [6.45, 7) is 6.58. The van der Waals surface area contributed by atoms with Crippen LogP contribution in [0.5, 0.6) is 0 Å². The molecule has 1 aliphatic heterocycles. The summed E-state index contributed by atoms with van der Waals surface area (Å²) >= 11 is 4.79. The van der Waals surface area contributed by atoms with Gasteiger partial charge in [-0.2, -0.15) is 0 Å². The van der Waals surface area contributed by atoms with Gasteiger partial charge in [0.15, 0.2) is 5.82 Å². The molecule has 2 heterocycles. The minimum absolute atomic E-state index is 0.351. The topological polar surface area (TPSA) is 53.2 Å². The molecule has 0 amide bonds. The summed E-state index contributed by atoms with van der Waals surface area (Å²) in [6.07, 6.45) is 0.770. The molecule has 0 radical (unpaired) electrons. The van der Waals surface area contributed by atoms with Crippen molar-refractivity contribution in [2.75, 3.05) is 0 Å². The van der Waals surface area contributed by atoms with Crippen LogP contribution in [0.15, 0.2) is 22.6 Å². The van der Waals surface area contributed by atoms with Crippen molar-refractivity contribution in [2.45, 2.75) is 38.5 Å². The Hall–Kier alpha value is -1.04. The first-order chi connectivity index (χ1) is 9.36. The highest BCUT2D eigenvalue weighted by molar-refractivity contribution is 7.91. The van der Waals surface area contributed by atoms with E-state index in [9.17, 15) is 4.55 Å². The number of hydrogen-bond acceptors (Lipinski definition) is 3. The molecule has 6 heteroatoms. The van der Waals surface area contributed by atoms with E-state index in [1.807, 2.05) is 39.0 Å². The number of nitrogens with zero attached hydrogens (tertiary/aromatic N) is 3. The Balaban J connectivity index is 2.06. The number of aromatic nitrogens is 2. The van der Waals surface area contributed by atoms with E-state index < -0.39 is 11.4 Å². The Morgan fingerprint density at radius 1 is 1.40 bits per heavy atom. The van der Waals surface area contributed by atoms with Crippen molar-refractivity contribution in [3.05, 3.63) is 29.0 Å². The molecule has 1 unspecified atom stereocenters. The van der Waals surface area contributed by atoms with Gasteiger partial charge in [-0.1, -0.05) is 16.0 Å². The van der Waals surface area contributed by atoms with Gasteiger partial charge in [0.25, 0.3) is 0 Å². The van der Waals surface area contributed by atoms with Gasteiger partial charge in [0.05, 0.1) is 11.0 Å². The van der Waals surface area contributed by atoms with Gasteiger partial charge in [0.2, 0.25) is 0 Å². The summed E-state index contributed by atoms with van der Waals surface area (Å²) in [6, 6.07) is 5.65. The van der Waals surface area contributed by atoms with E-state index in [0.29, 0.717) is 5.02 Å². The fourth-order valence-electron chi connectivity index (χ4n) is 2.20. The lowest BCUT2D eigenvalue weighted by Gasteiger charge is -2.18. The molecule has 0 spiro atoms. The van der Waals surface area contributed by atoms with Crippen LogP contribution in [0.25, 0.3) is 11.0 Å². The number of fused-ring (bicyclic) bond motifs is 3. The lowest BCUT2D eigenvalue weighted by molar-refractivity contribution is 0.561. The zero-order valence-corrected chi connectivity index (χ0v) is 13.3. The van der Waals surface area contributed by atoms with Crippen molar-refractivity contribution in [1.82, 2.24) is 9.55 Å². The number of halogens is 1. The second kappa shape index (κ2) is 4.76. The SMILES string of the molecule is CC(C)(C)[S+]([O-])/N=C1\CCn2c1nc1ccc(Cl)cc12. The third kappa shape index (κ3) is 2.34. The van der Waals surface area contributed by atoms with Gasteiger partial charge in [0, 0.05) is 18.0 Å². The molecule has 2 aromatic rings. The summed E-state index contributed by atoms with van der Waals surface area (Å²) < 4.78 is 18.3. The second-order valence-corrected chi connectivity index (χ2v) is 8.21. The molecule has 106 valence electrons. The molecule has 3 rings (SSSR count). The van der Waals surface area contributed by atoms with E-state index in [-0.39, 0.29) is 4.75 Å². The Morgan fingerprint density at radius 3 is 2.85 bits per heavy atom. The number of imidazole rings is 1. The molecule has 0 fully saturated rings. The predicted molar refractivity (Wildman–Crippen MR) is 83.8 cm³/mol. The normalized spacial score (nSPS) is 18.8. The van der Waals surface area contributed by atoms with Gasteiger partial charge in [0.1, 0.15) is 21.8 Å². The Labute approximate surface area is 126 Å². The molecule has 1 aromatic heterocycles. The van der Waals surface area contributed by atoms with Crippen LogP contribution in [0.4, 0.5) is 0 Å². The van der Waals surface area contributed by atoms with E-state index >= 15 is 0 Å². The summed E-state index contributed by atoms with van der Waals surface area (Å²) in [5, 5.41) is 0.698. The van der Waals surface area contributed by atoms with E-state index in [4.69, 9.17) is 11.6 Å². The van der Waals surface area contributed by atoms with E-state index in [1.165, 1.54) is 0 Å². The fourth-order valence-corrected chi connectivity index (χ4v) is 3.01. The van der Waals surface area contributed by atoms with Gasteiger partial charge >= 0.3 is 0 Å². The number of rotatable bonds is 1. The largest absolute Gasteiger partial charge is 0.591 e. The van der Waals surface area contributed by atoms with Crippen molar-refractivity contribution in [3.8, 4) is 0 Å². The highest BCUT2D eigenvalue weighted by atomic mass is 35.5. The van der Waals surface area contributed by atoms with Crippen molar-refractivity contribution in [2.24, 2.45) is 4.40 Å². The van der Waals surface area contributed by atoms with Crippen LogP contribution in [-0.2, 0) is 17.9 Å². The zero-order chi connectivity index (χ0) is 14.5. The van der Waals surface area contributed by atoms with Crippen molar-refractivity contribution < 1.29 is 4.55 Å². The molecule has 0 aliphatic carbocycles. The van der Waals surface area contributed by atoms with E-state index in [2.05, 4.69) is 13.9 Å². The summed E-state index contributed by atoms with van der Waals surface area (Å²) in [7, 11) is 0. The van der Waals surface area contributed by atoms with Crippen LogP contribution in [0.1, 0.15) is 33.0 Å². The highest BCUT2D eigenvalue weighted by Crippen LogP contribution is 2.27. The van der Waals surface area contributed by atoms with Crippen LogP contribution >= 0.6 is 11.6 Å². The van der Waals surface area contributed by atoms with E-state index in [1.54, 1.807) is 0 Å². The van der Waals surface area contributed by atoms with Crippen LogP contribution in [0.2, 0.25) is 5.02 Å². The first kappa shape index (κ1) is 13.9. The fraction of sp³-hybridized carbons (Fsp3) is 0.429. The lowest BCUT2D eigenvalue weighted by Crippen LogP contribution is -2.26. The minimum Gasteiger partial charge on any atom is -0.591 e.